The molecule has 0 heterocycles. The summed E-state index contributed by atoms with van der Waals surface area (Å²) < 4.78 is 0. The predicted molar refractivity (Wildman–Crippen MR) is 51.8 cm³/mol. The molecule has 0 spiro atoms. The van der Waals surface area contributed by atoms with Crippen molar-refractivity contribution < 1.29 is 9.90 Å². The summed E-state index contributed by atoms with van der Waals surface area (Å²) in [4.78, 5) is 11.9. The Kier molecular flexibility index (Phi) is 4.06. The van der Waals surface area contributed by atoms with Gasteiger partial charge in [-0.3, -0.25) is 0 Å². The minimum atomic E-state index is -0.809. The smallest absolute Gasteiger partial charge is 0.407 e. The van der Waals surface area contributed by atoms with Crippen LogP contribution in [0.5, 0.6) is 0 Å². The molecule has 1 aliphatic rings. The van der Waals surface area contributed by atoms with E-state index in [2.05, 4.69) is 0 Å². The second-order valence-electron chi connectivity index (χ2n) is 4.00. The molecule has 13 heavy (non-hydrogen) atoms. The number of carbonyl (C=O) groups is 1. The van der Waals surface area contributed by atoms with Gasteiger partial charge in [0.25, 0.3) is 0 Å². The molecule has 3 heteroatoms. The van der Waals surface area contributed by atoms with Crippen LogP contribution in [-0.4, -0.2) is 29.7 Å². The molecular weight excluding hydrogens is 166 g/mol. The summed E-state index contributed by atoms with van der Waals surface area (Å²) in [5.41, 5.74) is 0. The van der Waals surface area contributed by atoms with E-state index in [4.69, 9.17) is 5.11 Å². The second kappa shape index (κ2) is 5.10. The third-order valence-electron chi connectivity index (χ3n) is 2.92. The first kappa shape index (κ1) is 10.4. The zero-order valence-corrected chi connectivity index (χ0v) is 8.33. The minimum Gasteiger partial charge on any atom is -0.465 e. The number of nitrogens with zero attached hydrogens (tertiary/aromatic N) is 1. The normalized spacial score (nSPS) is 18.5. The Morgan fingerprint density at radius 3 is 2.54 bits per heavy atom. The highest BCUT2D eigenvalue weighted by atomic mass is 16.4. The Bertz CT molecular complexity index is 164. The van der Waals surface area contributed by atoms with E-state index in [1.165, 1.54) is 37.0 Å². The standard InChI is InChI=1S/C10H19NO2/c1-11(10(12)13)8-7-9-5-3-2-4-6-9/h9H,2-8H2,1H3,(H,12,13). The van der Waals surface area contributed by atoms with E-state index in [1.54, 1.807) is 7.05 Å². The van der Waals surface area contributed by atoms with Crippen molar-refractivity contribution >= 4 is 6.09 Å². The van der Waals surface area contributed by atoms with Crippen LogP contribution in [0, 0.1) is 5.92 Å². The molecule has 1 N–H and O–H groups in total. The maximum absolute atomic E-state index is 10.5. The molecule has 0 saturated heterocycles. The van der Waals surface area contributed by atoms with Crippen LogP contribution in [-0.2, 0) is 0 Å². The monoisotopic (exact) mass is 185 g/mol. The van der Waals surface area contributed by atoms with Crippen LogP contribution >= 0.6 is 0 Å². The first-order valence-electron chi connectivity index (χ1n) is 5.14. The summed E-state index contributed by atoms with van der Waals surface area (Å²) in [6, 6.07) is 0. The lowest BCUT2D eigenvalue weighted by atomic mass is 9.87. The SMILES string of the molecule is CN(CCC1CCCCC1)C(=O)O. The van der Waals surface area contributed by atoms with Gasteiger partial charge < -0.3 is 10.0 Å². The zero-order valence-electron chi connectivity index (χ0n) is 8.33. The van der Waals surface area contributed by atoms with E-state index in [-0.39, 0.29) is 0 Å². The van der Waals surface area contributed by atoms with Gasteiger partial charge >= 0.3 is 6.09 Å². The number of carboxylic acid groups (broad SMARTS) is 1. The molecule has 0 aliphatic heterocycles. The van der Waals surface area contributed by atoms with Crippen LogP contribution in [0.25, 0.3) is 0 Å². The van der Waals surface area contributed by atoms with E-state index in [1.807, 2.05) is 0 Å². The van der Waals surface area contributed by atoms with Gasteiger partial charge in [0.15, 0.2) is 0 Å². The van der Waals surface area contributed by atoms with Crippen LogP contribution in [0.1, 0.15) is 38.5 Å². The van der Waals surface area contributed by atoms with E-state index >= 15 is 0 Å². The minimum absolute atomic E-state index is 0.694. The lowest BCUT2D eigenvalue weighted by Gasteiger charge is -2.23. The summed E-state index contributed by atoms with van der Waals surface area (Å²) >= 11 is 0. The number of amides is 1. The first-order valence-corrected chi connectivity index (χ1v) is 5.14. The van der Waals surface area contributed by atoms with E-state index < -0.39 is 6.09 Å². The molecule has 0 aromatic carbocycles. The molecule has 0 aromatic rings. The highest BCUT2D eigenvalue weighted by Gasteiger charge is 2.14. The molecule has 0 unspecified atom stereocenters. The molecule has 0 atom stereocenters. The van der Waals surface area contributed by atoms with E-state index in [9.17, 15) is 4.79 Å². The van der Waals surface area contributed by atoms with Gasteiger partial charge in [-0.05, 0) is 12.3 Å². The van der Waals surface area contributed by atoms with Crippen molar-refractivity contribution in [1.82, 2.24) is 4.90 Å². The average molecular weight is 185 g/mol. The molecule has 0 aromatic heterocycles. The Morgan fingerprint density at radius 1 is 1.38 bits per heavy atom. The van der Waals surface area contributed by atoms with Crippen molar-refractivity contribution in [3.8, 4) is 0 Å². The van der Waals surface area contributed by atoms with Gasteiger partial charge in [-0.1, -0.05) is 32.1 Å². The fourth-order valence-electron chi connectivity index (χ4n) is 1.95. The van der Waals surface area contributed by atoms with Crippen molar-refractivity contribution in [1.29, 1.82) is 0 Å². The number of hydrogen-bond donors (Lipinski definition) is 1. The van der Waals surface area contributed by atoms with Crippen LogP contribution in [0.2, 0.25) is 0 Å². The Hall–Kier alpha value is -0.730. The van der Waals surface area contributed by atoms with Gasteiger partial charge in [-0.25, -0.2) is 4.79 Å². The molecule has 1 rings (SSSR count). The molecule has 0 radical (unpaired) electrons. The Labute approximate surface area is 79.7 Å². The number of hydrogen-bond acceptors (Lipinski definition) is 1. The van der Waals surface area contributed by atoms with Crippen molar-refractivity contribution in [3.63, 3.8) is 0 Å². The second-order valence-corrected chi connectivity index (χ2v) is 4.00. The van der Waals surface area contributed by atoms with Crippen LogP contribution in [0.15, 0.2) is 0 Å². The maximum atomic E-state index is 10.5. The quantitative estimate of drug-likeness (QED) is 0.734. The summed E-state index contributed by atoms with van der Waals surface area (Å²) in [6.45, 7) is 0.694. The Balaban J connectivity index is 2.13. The maximum Gasteiger partial charge on any atom is 0.407 e. The summed E-state index contributed by atoms with van der Waals surface area (Å²) in [6.07, 6.45) is 6.87. The van der Waals surface area contributed by atoms with Crippen molar-refractivity contribution in [2.45, 2.75) is 38.5 Å². The van der Waals surface area contributed by atoms with E-state index in [0.717, 1.165) is 12.3 Å². The van der Waals surface area contributed by atoms with E-state index in [0.29, 0.717) is 6.54 Å². The first-order chi connectivity index (χ1) is 6.20. The Morgan fingerprint density at radius 2 is 2.00 bits per heavy atom. The molecule has 0 bridgehead atoms. The highest BCUT2D eigenvalue weighted by molar-refractivity contribution is 5.64. The molecule has 1 fully saturated rings. The molecule has 1 saturated carbocycles. The van der Waals surface area contributed by atoms with Crippen LogP contribution < -0.4 is 0 Å². The molecule has 1 amide bonds. The van der Waals surface area contributed by atoms with Gasteiger partial charge in [0.05, 0.1) is 0 Å². The fourth-order valence-corrected chi connectivity index (χ4v) is 1.95. The van der Waals surface area contributed by atoms with Crippen molar-refractivity contribution in [3.05, 3.63) is 0 Å². The molecule has 1 aliphatic carbocycles. The van der Waals surface area contributed by atoms with Crippen molar-refractivity contribution in [2.24, 2.45) is 5.92 Å². The zero-order chi connectivity index (χ0) is 9.68. The fraction of sp³-hybridized carbons (Fsp3) is 0.900. The molecule has 3 nitrogen and oxygen atoms in total. The van der Waals surface area contributed by atoms with Crippen LogP contribution in [0.4, 0.5) is 4.79 Å². The van der Waals surface area contributed by atoms with Gasteiger partial charge in [-0.15, -0.1) is 0 Å². The number of rotatable bonds is 3. The lowest BCUT2D eigenvalue weighted by molar-refractivity contribution is 0.151. The largest absolute Gasteiger partial charge is 0.465 e. The van der Waals surface area contributed by atoms with Gasteiger partial charge in [0.2, 0.25) is 0 Å². The third-order valence-corrected chi connectivity index (χ3v) is 2.92. The van der Waals surface area contributed by atoms with Gasteiger partial charge in [0.1, 0.15) is 0 Å². The summed E-state index contributed by atoms with van der Waals surface area (Å²) in [7, 11) is 1.64. The third kappa shape index (κ3) is 3.66. The lowest BCUT2D eigenvalue weighted by Crippen LogP contribution is -2.27. The summed E-state index contributed by atoms with van der Waals surface area (Å²) in [5, 5.41) is 8.64. The van der Waals surface area contributed by atoms with Crippen molar-refractivity contribution in [2.75, 3.05) is 13.6 Å². The van der Waals surface area contributed by atoms with Gasteiger partial charge in [-0.2, -0.15) is 0 Å². The molecular formula is C10H19NO2. The van der Waals surface area contributed by atoms with Gasteiger partial charge in [0, 0.05) is 13.6 Å². The predicted octanol–water partition coefficient (Wildman–Crippen LogP) is 2.57. The topological polar surface area (TPSA) is 40.5 Å². The van der Waals surface area contributed by atoms with Crippen LogP contribution in [0.3, 0.4) is 0 Å². The average Bonchev–Trinajstić information content (AvgIpc) is 2.15. The molecule has 76 valence electrons. The highest BCUT2D eigenvalue weighted by Crippen LogP contribution is 2.26. The summed E-state index contributed by atoms with van der Waals surface area (Å²) in [5.74, 6) is 0.774.